The standard InChI is InChI=1S/C13H20FNO/c1-4-13(2,10-16)9-15(3)12-8-6-5-7-11(12)14/h5-8,16H,4,9-10H2,1-3H3. The molecule has 1 unspecified atom stereocenters. The molecule has 0 bridgehead atoms. The summed E-state index contributed by atoms with van der Waals surface area (Å²) in [7, 11) is 1.85. The van der Waals surface area contributed by atoms with Gasteiger partial charge in [-0.15, -0.1) is 0 Å². The van der Waals surface area contributed by atoms with E-state index in [2.05, 4.69) is 0 Å². The maximum atomic E-state index is 13.5. The highest BCUT2D eigenvalue weighted by Crippen LogP contribution is 2.25. The Morgan fingerprint density at radius 3 is 2.50 bits per heavy atom. The second-order valence-corrected chi connectivity index (χ2v) is 4.63. The topological polar surface area (TPSA) is 23.5 Å². The van der Waals surface area contributed by atoms with Crippen molar-refractivity contribution in [3.05, 3.63) is 30.1 Å². The van der Waals surface area contributed by atoms with E-state index in [4.69, 9.17) is 0 Å². The molecule has 0 fully saturated rings. The molecule has 1 aromatic carbocycles. The predicted molar refractivity (Wildman–Crippen MR) is 65.2 cm³/mol. The van der Waals surface area contributed by atoms with Gasteiger partial charge in [0, 0.05) is 19.0 Å². The first kappa shape index (κ1) is 13.0. The molecule has 0 aliphatic heterocycles. The van der Waals surface area contributed by atoms with Gasteiger partial charge in [0.2, 0.25) is 0 Å². The van der Waals surface area contributed by atoms with Crippen LogP contribution in [-0.4, -0.2) is 25.3 Å². The van der Waals surface area contributed by atoms with Gasteiger partial charge >= 0.3 is 0 Å². The van der Waals surface area contributed by atoms with Gasteiger partial charge in [-0.2, -0.15) is 0 Å². The maximum Gasteiger partial charge on any atom is 0.146 e. The first-order valence-corrected chi connectivity index (χ1v) is 5.59. The van der Waals surface area contributed by atoms with Crippen LogP contribution in [0.2, 0.25) is 0 Å². The number of benzene rings is 1. The number of halogens is 1. The van der Waals surface area contributed by atoms with Gasteiger partial charge in [0.1, 0.15) is 5.82 Å². The van der Waals surface area contributed by atoms with Gasteiger partial charge in [-0.25, -0.2) is 4.39 Å². The Labute approximate surface area is 96.7 Å². The van der Waals surface area contributed by atoms with E-state index < -0.39 is 0 Å². The molecule has 90 valence electrons. The van der Waals surface area contributed by atoms with Crippen molar-refractivity contribution in [3.8, 4) is 0 Å². The quantitative estimate of drug-likeness (QED) is 0.832. The van der Waals surface area contributed by atoms with Gasteiger partial charge < -0.3 is 10.0 Å². The molecule has 1 atom stereocenters. The van der Waals surface area contributed by atoms with Crippen LogP contribution in [0.5, 0.6) is 0 Å². The third-order valence-corrected chi connectivity index (χ3v) is 3.12. The second kappa shape index (κ2) is 5.30. The van der Waals surface area contributed by atoms with E-state index in [0.29, 0.717) is 12.2 Å². The van der Waals surface area contributed by atoms with Gasteiger partial charge in [-0.3, -0.25) is 0 Å². The molecular formula is C13H20FNO. The van der Waals surface area contributed by atoms with Crippen LogP contribution in [0.3, 0.4) is 0 Å². The molecule has 0 amide bonds. The zero-order chi connectivity index (χ0) is 12.2. The summed E-state index contributed by atoms with van der Waals surface area (Å²) in [6, 6.07) is 6.70. The summed E-state index contributed by atoms with van der Waals surface area (Å²) in [4.78, 5) is 1.86. The second-order valence-electron chi connectivity index (χ2n) is 4.63. The van der Waals surface area contributed by atoms with Gasteiger partial charge in [-0.05, 0) is 18.6 Å². The lowest BCUT2D eigenvalue weighted by atomic mass is 9.88. The van der Waals surface area contributed by atoms with Crippen LogP contribution in [0.1, 0.15) is 20.3 Å². The molecular weight excluding hydrogens is 205 g/mol. The van der Waals surface area contributed by atoms with Gasteiger partial charge in [0.15, 0.2) is 0 Å². The molecule has 1 aromatic rings. The fourth-order valence-electron chi connectivity index (χ4n) is 1.69. The molecule has 0 aliphatic carbocycles. The molecule has 1 rings (SSSR count). The lowest BCUT2D eigenvalue weighted by molar-refractivity contribution is 0.144. The monoisotopic (exact) mass is 225 g/mol. The normalized spacial score (nSPS) is 14.6. The number of para-hydroxylation sites is 1. The van der Waals surface area contributed by atoms with Crippen molar-refractivity contribution in [2.45, 2.75) is 20.3 Å². The van der Waals surface area contributed by atoms with Crippen molar-refractivity contribution in [2.24, 2.45) is 5.41 Å². The maximum absolute atomic E-state index is 13.5. The Kier molecular flexibility index (Phi) is 4.30. The minimum absolute atomic E-state index is 0.113. The van der Waals surface area contributed by atoms with Crippen LogP contribution in [0.15, 0.2) is 24.3 Å². The van der Waals surface area contributed by atoms with Crippen LogP contribution in [0, 0.1) is 11.2 Å². The van der Waals surface area contributed by atoms with Crippen LogP contribution in [-0.2, 0) is 0 Å². The van der Waals surface area contributed by atoms with Gasteiger partial charge in [-0.1, -0.05) is 26.0 Å². The summed E-state index contributed by atoms with van der Waals surface area (Å²) in [6.07, 6.45) is 0.863. The Morgan fingerprint density at radius 1 is 1.38 bits per heavy atom. The molecule has 0 saturated heterocycles. The van der Waals surface area contributed by atoms with Crippen LogP contribution in [0.25, 0.3) is 0 Å². The summed E-state index contributed by atoms with van der Waals surface area (Å²) < 4.78 is 13.5. The van der Waals surface area contributed by atoms with Crippen molar-refractivity contribution in [1.82, 2.24) is 0 Å². The van der Waals surface area contributed by atoms with E-state index in [1.807, 2.05) is 31.9 Å². The van der Waals surface area contributed by atoms with Crippen molar-refractivity contribution in [1.29, 1.82) is 0 Å². The summed E-state index contributed by atoms with van der Waals surface area (Å²) in [5.41, 5.74) is 0.396. The first-order chi connectivity index (χ1) is 7.52. The molecule has 3 heteroatoms. The Bertz CT molecular complexity index is 336. The number of nitrogens with zero attached hydrogens (tertiary/aromatic N) is 1. The molecule has 16 heavy (non-hydrogen) atoms. The van der Waals surface area contributed by atoms with E-state index in [-0.39, 0.29) is 17.8 Å². The fourth-order valence-corrected chi connectivity index (χ4v) is 1.69. The summed E-state index contributed by atoms with van der Waals surface area (Å²) in [6.45, 7) is 4.79. The number of hydrogen-bond acceptors (Lipinski definition) is 2. The minimum atomic E-state index is -0.221. The van der Waals surface area contributed by atoms with E-state index in [1.165, 1.54) is 6.07 Å². The summed E-state index contributed by atoms with van der Waals surface area (Å²) >= 11 is 0. The molecule has 2 nitrogen and oxygen atoms in total. The first-order valence-electron chi connectivity index (χ1n) is 5.59. The Morgan fingerprint density at radius 2 is 2.00 bits per heavy atom. The zero-order valence-electron chi connectivity index (χ0n) is 10.2. The SMILES string of the molecule is CCC(C)(CO)CN(C)c1ccccc1F. The third-order valence-electron chi connectivity index (χ3n) is 3.12. The number of hydrogen-bond donors (Lipinski definition) is 1. The number of anilines is 1. The minimum Gasteiger partial charge on any atom is -0.396 e. The van der Waals surface area contributed by atoms with Crippen molar-refractivity contribution < 1.29 is 9.50 Å². The van der Waals surface area contributed by atoms with Crippen molar-refractivity contribution >= 4 is 5.69 Å². The van der Waals surface area contributed by atoms with Crippen LogP contribution >= 0.6 is 0 Å². The lowest BCUT2D eigenvalue weighted by Crippen LogP contribution is -2.36. The smallest absolute Gasteiger partial charge is 0.146 e. The zero-order valence-corrected chi connectivity index (χ0v) is 10.2. The number of aliphatic hydroxyl groups excluding tert-OH is 1. The highest BCUT2D eigenvalue weighted by molar-refractivity contribution is 5.46. The highest BCUT2D eigenvalue weighted by Gasteiger charge is 2.23. The Hall–Kier alpha value is -1.09. The Balaban J connectivity index is 2.80. The average molecular weight is 225 g/mol. The van der Waals surface area contributed by atoms with Gasteiger partial charge in [0.25, 0.3) is 0 Å². The van der Waals surface area contributed by atoms with Crippen molar-refractivity contribution in [2.75, 3.05) is 25.1 Å². The summed E-state index contributed by atoms with van der Waals surface area (Å²) in [5.74, 6) is -0.221. The van der Waals surface area contributed by atoms with E-state index in [0.717, 1.165) is 6.42 Å². The van der Waals surface area contributed by atoms with Crippen molar-refractivity contribution in [3.63, 3.8) is 0 Å². The van der Waals surface area contributed by atoms with Crippen LogP contribution in [0.4, 0.5) is 10.1 Å². The molecule has 1 N–H and O–H groups in total. The van der Waals surface area contributed by atoms with E-state index in [1.54, 1.807) is 12.1 Å². The fraction of sp³-hybridized carbons (Fsp3) is 0.538. The molecule has 0 aliphatic rings. The van der Waals surface area contributed by atoms with Crippen LogP contribution < -0.4 is 4.90 Å². The third kappa shape index (κ3) is 2.95. The molecule has 0 heterocycles. The van der Waals surface area contributed by atoms with E-state index in [9.17, 15) is 9.50 Å². The summed E-state index contributed by atoms with van der Waals surface area (Å²) in [5, 5.41) is 9.33. The molecule has 0 saturated carbocycles. The lowest BCUT2D eigenvalue weighted by Gasteiger charge is -2.32. The predicted octanol–water partition coefficient (Wildman–Crippen LogP) is 2.67. The largest absolute Gasteiger partial charge is 0.396 e. The van der Waals surface area contributed by atoms with Gasteiger partial charge in [0.05, 0.1) is 12.3 Å². The number of rotatable bonds is 5. The molecule has 0 radical (unpaired) electrons. The molecule has 0 spiro atoms. The average Bonchev–Trinajstić information content (AvgIpc) is 2.29. The van der Waals surface area contributed by atoms with E-state index >= 15 is 0 Å². The number of aliphatic hydroxyl groups is 1. The molecule has 0 aromatic heterocycles. The highest BCUT2D eigenvalue weighted by atomic mass is 19.1.